The van der Waals surface area contributed by atoms with Gasteiger partial charge in [-0.3, -0.25) is 19.3 Å². The molecular weight excluding hydrogens is 954 g/mol. The number of nitrogen functional groups attached to an aromatic ring is 1. The molecule has 0 aliphatic carbocycles. The number of rotatable bonds is 15. The number of thioether (sulfide) groups is 3. The predicted molar refractivity (Wildman–Crippen MR) is 249 cm³/mol. The molecule has 4 N–H and O–H groups in total. The Morgan fingerprint density at radius 2 is 1.86 bits per heavy atom. The van der Waals surface area contributed by atoms with Gasteiger partial charge in [0.15, 0.2) is 21.9 Å². The third-order valence-corrected chi connectivity index (χ3v) is 16.0. The van der Waals surface area contributed by atoms with Crippen LogP contribution in [-0.4, -0.2) is 116 Å². The number of aromatic nitrogens is 5. The lowest BCUT2D eigenvalue weighted by Crippen LogP contribution is -2.71. The van der Waals surface area contributed by atoms with Gasteiger partial charge in [-0.1, -0.05) is 28.7 Å². The molecule has 0 saturated carbocycles. The summed E-state index contributed by atoms with van der Waals surface area (Å²) in [5.74, 6) is -3.34. The fourth-order valence-electron chi connectivity index (χ4n) is 7.62. The Morgan fingerprint density at radius 3 is 2.58 bits per heavy atom. The summed E-state index contributed by atoms with van der Waals surface area (Å²) in [7, 11) is 1.92. The Kier molecular flexibility index (Phi) is 13.3. The lowest BCUT2D eigenvalue weighted by Gasteiger charge is -2.49. The monoisotopic (exact) mass is 994 g/mol. The fourth-order valence-corrected chi connectivity index (χ4v) is 12.7. The van der Waals surface area contributed by atoms with E-state index in [9.17, 15) is 24.0 Å². The highest BCUT2D eigenvalue weighted by molar-refractivity contribution is 8.07. The van der Waals surface area contributed by atoms with Gasteiger partial charge in [-0.25, -0.2) is 23.5 Å². The van der Waals surface area contributed by atoms with Crippen LogP contribution in [0.25, 0.3) is 22.2 Å². The number of pyridine rings is 2. The molecule has 66 heavy (non-hydrogen) atoms. The van der Waals surface area contributed by atoms with Crippen molar-refractivity contribution in [2.45, 2.75) is 46.4 Å². The molecule has 3 atom stereocenters. The van der Waals surface area contributed by atoms with Crippen LogP contribution in [0.5, 0.6) is 0 Å². The first-order valence-electron chi connectivity index (χ1n) is 20.7. The van der Waals surface area contributed by atoms with E-state index in [-0.39, 0.29) is 70.7 Å². The molecule has 25 heteroatoms. The van der Waals surface area contributed by atoms with Crippen LogP contribution in [0.3, 0.4) is 0 Å². The van der Waals surface area contributed by atoms with Gasteiger partial charge in [0.05, 0.1) is 40.5 Å². The van der Waals surface area contributed by atoms with Gasteiger partial charge in [-0.05, 0) is 26.0 Å². The highest BCUT2D eigenvalue weighted by Crippen LogP contribution is 2.48. The second-order valence-electron chi connectivity index (χ2n) is 15.1. The number of fused-ring (bicyclic) bond motifs is 4. The van der Waals surface area contributed by atoms with E-state index in [1.807, 2.05) is 57.9 Å². The first-order valence-corrected chi connectivity index (χ1v) is 25.1. The van der Waals surface area contributed by atoms with Crippen molar-refractivity contribution in [2.75, 3.05) is 62.4 Å². The molecule has 2 amide bonds. The van der Waals surface area contributed by atoms with Crippen molar-refractivity contribution in [3.8, 4) is 11.3 Å². The van der Waals surface area contributed by atoms with E-state index >= 15 is 4.39 Å². The van der Waals surface area contributed by atoms with Gasteiger partial charge in [-0.15, -0.1) is 23.1 Å². The normalized spacial score (nSPS) is 19.2. The molecule has 4 aromatic heterocycles. The van der Waals surface area contributed by atoms with Gasteiger partial charge in [0.25, 0.3) is 11.8 Å². The summed E-state index contributed by atoms with van der Waals surface area (Å²) in [5.41, 5.74) is 7.28. The molecule has 5 aromatic rings. The van der Waals surface area contributed by atoms with Crippen LogP contribution in [0.1, 0.15) is 41.8 Å². The van der Waals surface area contributed by atoms with Gasteiger partial charge < -0.3 is 40.1 Å². The number of carbonyl (C=O) groups is 4. The van der Waals surface area contributed by atoms with Crippen molar-refractivity contribution < 1.29 is 42.4 Å². The molecule has 8 heterocycles. The van der Waals surface area contributed by atoms with Crippen LogP contribution < -0.4 is 31.3 Å². The van der Waals surface area contributed by atoms with Gasteiger partial charge in [-0.2, -0.15) is 9.36 Å². The number of hydrogen-bond donors (Lipinski definition) is 3. The van der Waals surface area contributed by atoms with Crippen LogP contribution in [0, 0.1) is 5.82 Å². The number of nitrogens with one attached hydrogen (secondary N) is 2. The second kappa shape index (κ2) is 19.3. The number of benzene rings is 1. The molecule has 2 unspecified atom stereocenters. The number of oxime groups is 1. The fraction of sp³-hybridized carbons (Fsp3) is 0.366. The highest BCUT2D eigenvalue weighted by atomic mass is 32.2. The minimum absolute atomic E-state index is 0.00105. The minimum atomic E-state index is -1.05. The second-order valence-corrected chi connectivity index (χ2v) is 20.5. The summed E-state index contributed by atoms with van der Waals surface area (Å²) in [6.07, 6.45) is 3.88. The first-order chi connectivity index (χ1) is 31.9. The number of β-lactam (4-membered cyclic amide) rings is 1. The lowest BCUT2D eigenvalue weighted by molar-refractivity contribution is -0.671. The number of esters is 2. The van der Waals surface area contributed by atoms with Crippen molar-refractivity contribution in [1.29, 1.82) is 0 Å². The Balaban J connectivity index is 0.894. The van der Waals surface area contributed by atoms with Crippen molar-refractivity contribution in [3.05, 3.63) is 80.1 Å². The van der Waals surface area contributed by atoms with Gasteiger partial charge in [0.2, 0.25) is 17.0 Å². The van der Waals surface area contributed by atoms with Gasteiger partial charge >= 0.3 is 11.9 Å². The number of ether oxygens (including phenoxy) is 2. The molecule has 1 aromatic carbocycles. The Labute approximate surface area is 396 Å². The standard InChI is InChI=1S/C41H40FN11O8S5/c1-4-61-48-29(33-47-40(43)66-49-33)34(55)46-30-35(56)53-31(27(19-62-37(30)53)65-41-45-24(18-63-41)21-6-10-50(3)11-7-21)39(58)60-15-5-14-59-38(57)28-32(54)22-16-23(42)26(51-12-8-44-9-13-51)17-25(22)52-20(2)64-36(28)52/h6-7,10-11,16-18,20,30,37,44H,4-5,8-9,12-15,19H2,1-3H3,(H2-,43,46,47,49,55)/p+1/b48-29+/t20?,30-,37?/m1/s1. The molecule has 4 aliphatic rings. The summed E-state index contributed by atoms with van der Waals surface area (Å²) in [6.45, 7) is 6.02. The van der Waals surface area contributed by atoms with E-state index in [0.717, 1.165) is 22.8 Å². The van der Waals surface area contributed by atoms with Gasteiger partial charge in [0.1, 0.15) is 42.1 Å². The van der Waals surface area contributed by atoms with Crippen LogP contribution in [0.15, 0.2) is 72.0 Å². The quantitative estimate of drug-likeness (QED) is 0.0341. The van der Waals surface area contributed by atoms with Crippen LogP contribution in [0.2, 0.25) is 0 Å². The molecule has 2 saturated heterocycles. The maximum Gasteiger partial charge on any atom is 0.355 e. The number of nitrogens with zero attached hydrogens (tertiary/aromatic N) is 8. The highest BCUT2D eigenvalue weighted by Gasteiger charge is 2.55. The molecule has 4 aliphatic heterocycles. The largest absolute Gasteiger partial charge is 0.462 e. The van der Waals surface area contributed by atoms with Crippen LogP contribution in [0.4, 0.5) is 15.2 Å². The summed E-state index contributed by atoms with van der Waals surface area (Å²) in [4.78, 5) is 86.4. The zero-order valence-corrected chi connectivity index (χ0v) is 39.6. The SMILES string of the molecule is CCO/N=C(/C(=O)N[C@@H]1C(=O)N2C(C(=O)OCCCOC(=O)c3c4n(c5cc(N6CCNCC6)c(F)cc5c3=O)C(C)S4)=C(Sc3nc(-c4cc[n+](C)cc4)cs3)CSC12)c1nsc(N)n1. The number of amides is 2. The maximum atomic E-state index is 15.5. The number of carbonyl (C=O) groups excluding carboxylic acids is 4. The van der Waals surface area contributed by atoms with E-state index in [0.29, 0.717) is 51.7 Å². The zero-order chi connectivity index (χ0) is 46.2. The number of halogens is 1. The lowest BCUT2D eigenvalue weighted by atomic mass is 10.0. The van der Waals surface area contributed by atoms with Crippen molar-refractivity contribution in [3.63, 3.8) is 0 Å². The van der Waals surface area contributed by atoms with Crippen molar-refractivity contribution >= 4 is 109 Å². The number of hydrogen-bond acceptors (Lipinski definition) is 20. The smallest absolute Gasteiger partial charge is 0.355 e. The Morgan fingerprint density at radius 1 is 1.11 bits per heavy atom. The molecule has 344 valence electrons. The number of nitrogens with two attached hydrogens (primary N) is 1. The third kappa shape index (κ3) is 8.86. The molecule has 2 fully saturated rings. The summed E-state index contributed by atoms with van der Waals surface area (Å²) in [5, 5.41) is 11.6. The summed E-state index contributed by atoms with van der Waals surface area (Å²) < 4.78 is 35.2. The maximum absolute atomic E-state index is 15.5. The Hall–Kier alpha value is -5.60. The average Bonchev–Trinajstić information content (AvgIpc) is 3.97. The molecule has 19 nitrogen and oxygen atoms in total. The molecular formula is C41H41FN11O8S5+. The van der Waals surface area contributed by atoms with E-state index in [1.165, 1.54) is 57.6 Å². The summed E-state index contributed by atoms with van der Waals surface area (Å²) in [6, 6.07) is 5.72. The third-order valence-electron chi connectivity index (χ3n) is 10.8. The van der Waals surface area contributed by atoms with Gasteiger partial charge in [0, 0.05) is 83.3 Å². The first kappa shape index (κ1) is 45.6. The van der Waals surface area contributed by atoms with E-state index in [2.05, 4.69) is 25.1 Å². The number of anilines is 2. The number of thiazole rings is 1. The van der Waals surface area contributed by atoms with E-state index in [1.54, 1.807) is 13.0 Å². The van der Waals surface area contributed by atoms with Crippen molar-refractivity contribution in [2.24, 2.45) is 12.2 Å². The number of piperazine rings is 1. The number of aryl methyl sites for hydroxylation is 1. The molecule has 0 bridgehead atoms. The zero-order valence-electron chi connectivity index (χ0n) is 35.5. The van der Waals surface area contributed by atoms with Crippen molar-refractivity contribution in [1.82, 2.24) is 34.4 Å². The van der Waals surface area contributed by atoms with Crippen LogP contribution >= 0.6 is 58.2 Å². The van der Waals surface area contributed by atoms with Crippen LogP contribution in [-0.2, 0) is 35.7 Å². The topological polar surface area (TPSA) is 229 Å². The van der Waals surface area contributed by atoms with E-state index in [4.69, 9.17) is 25.0 Å². The molecule has 0 radical (unpaired) electrons. The van der Waals surface area contributed by atoms with E-state index < -0.39 is 46.4 Å². The Bertz CT molecular complexity index is 2880. The average molecular weight is 995 g/mol. The molecule has 9 rings (SSSR count). The predicted octanol–water partition coefficient (Wildman–Crippen LogP) is 3.49. The molecule has 0 spiro atoms. The minimum Gasteiger partial charge on any atom is -0.462 e. The summed E-state index contributed by atoms with van der Waals surface area (Å²) >= 11 is 6.18.